The summed E-state index contributed by atoms with van der Waals surface area (Å²) in [6, 6.07) is 1.72. The van der Waals surface area contributed by atoms with Crippen molar-refractivity contribution in [3.63, 3.8) is 0 Å². The van der Waals surface area contributed by atoms with Gasteiger partial charge in [0.2, 0.25) is 0 Å². The van der Waals surface area contributed by atoms with Gasteiger partial charge in [0.05, 0.1) is 11.9 Å². The van der Waals surface area contributed by atoms with Crippen LogP contribution in [0.4, 0.5) is 0 Å². The van der Waals surface area contributed by atoms with Crippen LogP contribution < -0.4 is 0 Å². The maximum Gasteiger partial charge on any atom is 0.345 e. The molecule has 2 rings (SSSR count). The van der Waals surface area contributed by atoms with E-state index in [0.717, 1.165) is 29.8 Å². The van der Waals surface area contributed by atoms with E-state index in [0.29, 0.717) is 4.88 Å². The average molecular weight is 250 g/mol. The van der Waals surface area contributed by atoms with Crippen molar-refractivity contribution >= 4 is 17.3 Å². The molecule has 0 saturated carbocycles. The van der Waals surface area contributed by atoms with Crippen molar-refractivity contribution in [3.8, 4) is 11.3 Å². The summed E-state index contributed by atoms with van der Waals surface area (Å²) < 4.78 is 1.91. The Bertz CT molecular complexity index is 521. The largest absolute Gasteiger partial charge is 0.477 e. The molecule has 0 aliphatic rings. The molecular formula is C12H14N2O2S. The molecule has 0 bridgehead atoms. The van der Waals surface area contributed by atoms with Gasteiger partial charge < -0.3 is 5.11 Å². The molecule has 5 heteroatoms. The fourth-order valence-corrected chi connectivity index (χ4v) is 2.56. The van der Waals surface area contributed by atoms with E-state index in [2.05, 4.69) is 12.0 Å². The monoisotopic (exact) mass is 250 g/mol. The van der Waals surface area contributed by atoms with E-state index >= 15 is 0 Å². The van der Waals surface area contributed by atoms with Crippen LogP contribution in [-0.4, -0.2) is 20.9 Å². The number of carboxylic acids is 1. The van der Waals surface area contributed by atoms with Gasteiger partial charge in [0.25, 0.3) is 0 Å². The Balaban J connectivity index is 2.50. The van der Waals surface area contributed by atoms with Gasteiger partial charge in [0.1, 0.15) is 4.88 Å². The van der Waals surface area contributed by atoms with Crippen LogP contribution in [0.25, 0.3) is 11.3 Å². The first kappa shape index (κ1) is 11.9. The molecule has 17 heavy (non-hydrogen) atoms. The van der Waals surface area contributed by atoms with E-state index in [4.69, 9.17) is 5.11 Å². The van der Waals surface area contributed by atoms with Gasteiger partial charge >= 0.3 is 5.97 Å². The van der Waals surface area contributed by atoms with Crippen LogP contribution in [0.5, 0.6) is 0 Å². The Morgan fingerprint density at radius 3 is 2.82 bits per heavy atom. The Morgan fingerprint density at radius 1 is 1.53 bits per heavy atom. The molecule has 0 aliphatic carbocycles. The number of nitrogens with zero attached hydrogens (tertiary/aromatic N) is 2. The molecule has 0 aliphatic heterocycles. The van der Waals surface area contributed by atoms with Crippen LogP contribution in [0.2, 0.25) is 0 Å². The summed E-state index contributed by atoms with van der Waals surface area (Å²) in [6.45, 7) is 4.89. The SMILES string of the molecule is CCc1cnn(CC)c1-c1csc(C(=O)O)c1. The molecular weight excluding hydrogens is 236 g/mol. The summed E-state index contributed by atoms with van der Waals surface area (Å²) in [4.78, 5) is 11.2. The fraction of sp³-hybridized carbons (Fsp3) is 0.333. The third-order valence-corrected chi connectivity index (χ3v) is 3.60. The molecule has 0 saturated heterocycles. The summed E-state index contributed by atoms with van der Waals surface area (Å²) >= 11 is 1.25. The number of aryl methyl sites for hydroxylation is 2. The van der Waals surface area contributed by atoms with Crippen molar-refractivity contribution in [2.45, 2.75) is 26.8 Å². The first-order chi connectivity index (χ1) is 8.17. The minimum Gasteiger partial charge on any atom is -0.477 e. The summed E-state index contributed by atoms with van der Waals surface area (Å²) in [6.07, 6.45) is 2.75. The Kier molecular flexibility index (Phi) is 3.28. The Labute approximate surface area is 104 Å². The summed E-state index contributed by atoms with van der Waals surface area (Å²) in [5.74, 6) is -0.873. The smallest absolute Gasteiger partial charge is 0.345 e. The zero-order chi connectivity index (χ0) is 12.4. The van der Waals surface area contributed by atoms with Gasteiger partial charge in [-0.2, -0.15) is 5.10 Å². The normalized spacial score (nSPS) is 10.7. The average Bonchev–Trinajstić information content (AvgIpc) is 2.94. The first-order valence-electron chi connectivity index (χ1n) is 5.54. The topological polar surface area (TPSA) is 55.1 Å². The summed E-state index contributed by atoms with van der Waals surface area (Å²) in [5, 5.41) is 15.1. The second kappa shape index (κ2) is 4.71. The van der Waals surface area contributed by atoms with E-state index in [9.17, 15) is 4.79 Å². The number of thiophene rings is 1. The van der Waals surface area contributed by atoms with E-state index in [1.165, 1.54) is 11.3 Å². The third kappa shape index (κ3) is 2.10. The lowest BCUT2D eigenvalue weighted by Gasteiger charge is -2.04. The lowest BCUT2D eigenvalue weighted by atomic mass is 10.1. The van der Waals surface area contributed by atoms with Crippen LogP contribution in [0.3, 0.4) is 0 Å². The van der Waals surface area contributed by atoms with Gasteiger partial charge in [-0.1, -0.05) is 6.92 Å². The number of rotatable bonds is 4. The minimum atomic E-state index is -0.873. The van der Waals surface area contributed by atoms with Gasteiger partial charge in [0.15, 0.2) is 0 Å². The minimum absolute atomic E-state index is 0.367. The molecule has 2 aromatic heterocycles. The van der Waals surface area contributed by atoms with Crippen LogP contribution >= 0.6 is 11.3 Å². The van der Waals surface area contributed by atoms with E-state index in [1.54, 1.807) is 6.07 Å². The van der Waals surface area contributed by atoms with Crippen molar-refractivity contribution in [2.75, 3.05) is 0 Å². The van der Waals surface area contributed by atoms with Gasteiger partial charge in [-0.3, -0.25) is 4.68 Å². The van der Waals surface area contributed by atoms with Gasteiger partial charge in [-0.25, -0.2) is 4.79 Å². The van der Waals surface area contributed by atoms with Gasteiger partial charge in [-0.15, -0.1) is 11.3 Å². The van der Waals surface area contributed by atoms with E-state index in [-0.39, 0.29) is 0 Å². The highest BCUT2D eigenvalue weighted by molar-refractivity contribution is 7.12. The molecule has 0 unspecified atom stereocenters. The Hall–Kier alpha value is -1.62. The van der Waals surface area contributed by atoms with E-state index < -0.39 is 5.97 Å². The number of hydrogen-bond donors (Lipinski definition) is 1. The number of carboxylic acid groups (broad SMARTS) is 1. The molecule has 4 nitrogen and oxygen atoms in total. The van der Waals surface area contributed by atoms with Crippen molar-refractivity contribution in [2.24, 2.45) is 0 Å². The van der Waals surface area contributed by atoms with Crippen LogP contribution in [0.15, 0.2) is 17.6 Å². The standard InChI is InChI=1S/C12H14N2O2S/c1-3-8-6-13-14(4-2)11(8)9-5-10(12(15)16)17-7-9/h5-7H,3-4H2,1-2H3,(H,15,16). The van der Waals surface area contributed by atoms with Crippen LogP contribution in [0.1, 0.15) is 29.1 Å². The van der Waals surface area contributed by atoms with Gasteiger partial charge in [0, 0.05) is 17.5 Å². The molecule has 0 aromatic carbocycles. The lowest BCUT2D eigenvalue weighted by Crippen LogP contribution is -1.99. The second-order valence-electron chi connectivity index (χ2n) is 3.69. The molecule has 0 amide bonds. The third-order valence-electron chi connectivity index (χ3n) is 2.68. The van der Waals surface area contributed by atoms with Crippen molar-refractivity contribution in [3.05, 3.63) is 28.1 Å². The number of carbonyl (C=O) groups is 1. The number of aromatic nitrogens is 2. The molecule has 0 fully saturated rings. The first-order valence-corrected chi connectivity index (χ1v) is 6.42. The number of aromatic carboxylic acids is 1. The number of hydrogen-bond acceptors (Lipinski definition) is 3. The molecule has 0 spiro atoms. The Morgan fingerprint density at radius 2 is 2.29 bits per heavy atom. The molecule has 0 atom stereocenters. The zero-order valence-corrected chi connectivity index (χ0v) is 10.6. The van der Waals surface area contributed by atoms with Crippen molar-refractivity contribution in [1.29, 1.82) is 0 Å². The zero-order valence-electron chi connectivity index (χ0n) is 9.80. The molecule has 0 radical (unpaired) electrons. The van der Waals surface area contributed by atoms with Crippen LogP contribution in [-0.2, 0) is 13.0 Å². The molecule has 2 heterocycles. The predicted octanol–water partition coefficient (Wildman–Crippen LogP) is 2.89. The highest BCUT2D eigenvalue weighted by Crippen LogP contribution is 2.28. The summed E-state index contributed by atoms with van der Waals surface area (Å²) in [5.41, 5.74) is 3.14. The lowest BCUT2D eigenvalue weighted by molar-refractivity contribution is 0.0702. The van der Waals surface area contributed by atoms with E-state index in [1.807, 2.05) is 23.2 Å². The summed E-state index contributed by atoms with van der Waals surface area (Å²) in [7, 11) is 0. The quantitative estimate of drug-likeness (QED) is 0.907. The van der Waals surface area contributed by atoms with Crippen LogP contribution in [0, 0.1) is 0 Å². The second-order valence-corrected chi connectivity index (χ2v) is 4.60. The molecule has 90 valence electrons. The fourth-order valence-electron chi connectivity index (χ4n) is 1.83. The van der Waals surface area contributed by atoms with Crippen molar-refractivity contribution < 1.29 is 9.90 Å². The highest BCUT2D eigenvalue weighted by atomic mass is 32.1. The maximum absolute atomic E-state index is 10.9. The maximum atomic E-state index is 10.9. The molecule has 2 aromatic rings. The highest BCUT2D eigenvalue weighted by Gasteiger charge is 2.14. The molecule has 1 N–H and O–H groups in total. The van der Waals surface area contributed by atoms with Crippen molar-refractivity contribution in [1.82, 2.24) is 9.78 Å². The van der Waals surface area contributed by atoms with Gasteiger partial charge in [-0.05, 0) is 25.0 Å². The predicted molar refractivity (Wildman–Crippen MR) is 67.6 cm³/mol.